The first-order chi connectivity index (χ1) is 13.7. The molecule has 3 rings (SSSR count). The molecular weight excluding hydrogens is 376 g/mol. The highest BCUT2D eigenvalue weighted by molar-refractivity contribution is 7.15. The summed E-state index contributed by atoms with van der Waals surface area (Å²) in [5, 5.41) is 15.4. The van der Waals surface area contributed by atoms with Crippen LogP contribution in [0.4, 0.5) is 5.13 Å². The van der Waals surface area contributed by atoms with Crippen LogP contribution in [0.5, 0.6) is 5.75 Å². The fraction of sp³-hybridized carbons (Fsp3) is 0.500. The summed E-state index contributed by atoms with van der Waals surface area (Å²) in [7, 11) is 1.60. The highest BCUT2D eigenvalue weighted by Crippen LogP contribution is 2.35. The topological polar surface area (TPSA) is 93.2 Å². The van der Waals surface area contributed by atoms with Crippen LogP contribution < -0.4 is 15.4 Å². The van der Waals surface area contributed by atoms with Crippen molar-refractivity contribution in [1.29, 1.82) is 0 Å². The Hall–Kier alpha value is -2.48. The average molecular weight is 403 g/mol. The van der Waals surface area contributed by atoms with Crippen molar-refractivity contribution in [3.63, 3.8) is 0 Å². The van der Waals surface area contributed by atoms with E-state index in [-0.39, 0.29) is 24.7 Å². The van der Waals surface area contributed by atoms with Gasteiger partial charge >= 0.3 is 0 Å². The van der Waals surface area contributed by atoms with E-state index in [1.165, 1.54) is 30.6 Å². The van der Waals surface area contributed by atoms with Crippen LogP contribution in [-0.2, 0) is 16.1 Å². The van der Waals surface area contributed by atoms with Gasteiger partial charge in [0.1, 0.15) is 10.8 Å². The molecule has 2 amide bonds. The first kappa shape index (κ1) is 20.3. The molecule has 8 heteroatoms. The molecule has 1 aliphatic carbocycles. The maximum Gasteiger partial charge on any atom is 0.226 e. The number of methoxy groups -OCH3 is 1. The van der Waals surface area contributed by atoms with Crippen LogP contribution in [0.3, 0.4) is 0 Å². The van der Waals surface area contributed by atoms with Gasteiger partial charge in [-0.05, 0) is 18.9 Å². The number of carbonyl (C=O) groups is 2. The fourth-order valence-corrected chi connectivity index (χ4v) is 4.27. The third-order valence-electron chi connectivity index (χ3n) is 4.89. The van der Waals surface area contributed by atoms with Crippen LogP contribution in [0.2, 0.25) is 0 Å². The normalized spacial score (nSPS) is 14.5. The van der Waals surface area contributed by atoms with Crippen LogP contribution in [0.15, 0.2) is 24.3 Å². The largest absolute Gasteiger partial charge is 0.496 e. The van der Waals surface area contributed by atoms with Gasteiger partial charge < -0.3 is 15.4 Å². The smallest absolute Gasteiger partial charge is 0.226 e. The van der Waals surface area contributed by atoms with Gasteiger partial charge in [0, 0.05) is 30.9 Å². The van der Waals surface area contributed by atoms with E-state index >= 15 is 0 Å². The van der Waals surface area contributed by atoms with Gasteiger partial charge in [-0.3, -0.25) is 9.59 Å². The van der Waals surface area contributed by atoms with Crippen LogP contribution in [-0.4, -0.2) is 29.1 Å². The Balaban J connectivity index is 1.40. The second-order valence-electron chi connectivity index (χ2n) is 6.92. The highest BCUT2D eigenvalue weighted by atomic mass is 32.1. The summed E-state index contributed by atoms with van der Waals surface area (Å²) in [5.41, 5.74) is 0.895. The van der Waals surface area contributed by atoms with E-state index in [1.807, 2.05) is 24.3 Å². The van der Waals surface area contributed by atoms with Crippen molar-refractivity contribution in [3.8, 4) is 5.75 Å². The molecule has 2 aromatic rings. The molecule has 1 aromatic heterocycles. The number of amides is 2. The molecule has 7 nitrogen and oxygen atoms in total. The summed E-state index contributed by atoms with van der Waals surface area (Å²) in [6.45, 7) is 0.367. The van der Waals surface area contributed by atoms with E-state index in [4.69, 9.17) is 4.74 Å². The summed E-state index contributed by atoms with van der Waals surface area (Å²) in [4.78, 5) is 24.1. The minimum Gasteiger partial charge on any atom is -0.496 e. The minimum absolute atomic E-state index is 0.107. The van der Waals surface area contributed by atoms with Gasteiger partial charge in [0.05, 0.1) is 7.11 Å². The Morgan fingerprint density at radius 3 is 2.64 bits per heavy atom. The molecule has 28 heavy (non-hydrogen) atoms. The first-order valence-corrected chi connectivity index (χ1v) is 10.5. The molecule has 2 N–H and O–H groups in total. The highest BCUT2D eigenvalue weighted by Gasteiger charge is 2.20. The van der Waals surface area contributed by atoms with E-state index in [2.05, 4.69) is 20.8 Å². The molecule has 0 radical (unpaired) electrons. The first-order valence-electron chi connectivity index (χ1n) is 9.67. The minimum atomic E-state index is -0.223. The standard InChI is InChI=1S/C20H26N4O3S/c1-27-16-10-6-5-9-15(16)13-21-17(25)11-12-18(26)22-20-24-23-19(28-20)14-7-3-2-4-8-14/h5-6,9-10,14H,2-4,7-8,11-13H2,1H3,(H,21,25)(H,22,24,26). The number of para-hydroxylation sites is 1. The maximum atomic E-state index is 12.1. The van der Waals surface area contributed by atoms with E-state index in [1.54, 1.807) is 7.11 Å². The molecule has 0 unspecified atom stereocenters. The van der Waals surface area contributed by atoms with E-state index in [0.717, 1.165) is 29.2 Å². The zero-order chi connectivity index (χ0) is 19.8. The van der Waals surface area contributed by atoms with Crippen molar-refractivity contribution in [3.05, 3.63) is 34.8 Å². The second kappa shape index (κ2) is 10.2. The molecule has 1 heterocycles. The Bertz CT molecular complexity index is 802. The molecule has 1 aromatic carbocycles. The predicted molar refractivity (Wildman–Crippen MR) is 108 cm³/mol. The van der Waals surface area contributed by atoms with E-state index in [0.29, 0.717) is 17.6 Å². The molecule has 0 bridgehead atoms. The molecule has 1 fully saturated rings. The van der Waals surface area contributed by atoms with Crippen molar-refractivity contribution < 1.29 is 14.3 Å². The number of anilines is 1. The molecule has 1 aliphatic rings. The molecule has 0 saturated heterocycles. The van der Waals surface area contributed by atoms with Crippen molar-refractivity contribution >= 4 is 28.3 Å². The SMILES string of the molecule is COc1ccccc1CNC(=O)CCC(=O)Nc1nnc(C2CCCCC2)s1. The van der Waals surface area contributed by atoms with Crippen LogP contribution in [0.25, 0.3) is 0 Å². The molecule has 0 atom stereocenters. The van der Waals surface area contributed by atoms with Gasteiger partial charge in [-0.1, -0.05) is 48.8 Å². The number of hydrogen-bond acceptors (Lipinski definition) is 6. The van der Waals surface area contributed by atoms with Gasteiger partial charge in [0.25, 0.3) is 0 Å². The van der Waals surface area contributed by atoms with Gasteiger partial charge in [0.15, 0.2) is 0 Å². The maximum absolute atomic E-state index is 12.1. The summed E-state index contributed by atoms with van der Waals surface area (Å²) in [5.74, 6) is 0.795. The summed E-state index contributed by atoms with van der Waals surface area (Å²) in [6.07, 6.45) is 6.28. The average Bonchev–Trinajstić information content (AvgIpc) is 3.20. The van der Waals surface area contributed by atoms with Crippen molar-refractivity contribution in [2.75, 3.05) is 12.4 Å². The quantitative estimate of drug-likeness (QED) is 0.703. The molecular formula is C20H26N4O3S. The number of ether oxygens (including phenoxy) is 1. The molecule has 0 aliphatic heterocycles. The molecule has 150 valence electrons. The van der Waals surface area contributed by atoms with Gasteiger partial charge in [0.2, 0.25) is 16.9 Å². The van der Waals surface area contributed by atoms with Crippen LogP contribution in [0.1, 0.15) is 61.4 Å². The lowest BCUT2D eigenvalue weighted by Crippen LogP contribution is -2.24. The van der Waals surface area contributed by atoms with Crippen molar-refractivity contribution in [2.24, 2.45) is 0 Å². The van der Waals surface area contributed by atoms with Crippen LogP contribution >= 0.6 is 11.3 Å². The third kappa shape index (κ3) is 5.76. The Morgan fingerprint density at radius 2 is 1.86 bits per heavy atom. The lowest BCUT2D eigenvalue weighted by Gasteiger charge is -2.18. The summed E-state index contributed by atoms with van der Waals surface area (Å²) >= 11 is 1.45. The van der Waals surface area contributed by atoms with E-state index in [9.17, 15) is 9.59 Å². The second-order valence-corrected chi connectivity index (χ2v) is 7.93. The lowest BCUT2D eigenvalue weighted by molar-refractivity contribution is -0.124. The molecule has 1 saturated carbocycles. The Morgan fingerprint density at radius 1 is 1.11 bits per heavy atom. The van der Waals surface area contributed by atoms with Crippen LogP contribution in [0, 0.1) is 0 Å². The lowest BCUT2D eigenvalue weighted by atomic mass is 9.90. The summed E-state index contributed by atoms with van der Waals surface area (Å²) < 4.78 is 5.26. The third-order valence-corrected chi connectivity index (χ3v) is 5.89. The number of carbonyl (C=O) groups excluding carboxylic acids is 2. The van der Waals surface area contributed by atoms with Crippen molar-refractivity contribution in [2.45, 2.75) is 57.4 Å². The van der Waals surface area contributed by atoms with Gasteiger partial charge in [-0.2, -0.15) is 0 Å². The summed E-state index contributed by atoms with van der Waals surface area (Å²) in [6, 6.07) is 7.51. The number of hydrogen-bond donors (Lipinski definition) is 2. The number of nitrogens with one attached hydrogen (secondary N) is 2. The Labute approximate surface area is 168 Å². The zero-order valence-corrected chi connectivity index (χ0v) is 16.9. The van der Waals surface area contributed by atoms with Gasteiger partial charge in [-0.15, -0.1) is 10.2 Å². The Kier molecular flexibility index (Phi) is 7.36. The number of aromatic nitrogens is 2. The number of benzene rings is 1. The number of nitrogens with zero attached hydrogens (tertiary/aromatic N) is 2. The number of rotatable bonds is 8. The predicted octanol–water partition coefficient (Wildman–Crippen LogP) is 3.63. The fourth-order valence-electron chi connectivity index (χ4n) is 3.34. The molecule has 0 spiro atoms. The van der Waals surface area contributed by atoms with E-state index < -0.39 is 0 Å². The van der Waals surface area contributed by atoms with Gasteiger partial charge in [-0.25, -0.2) is 0 Å². The monoisotopic (exact) mass is 402 g/mol. The zero-order valence-electron chi connectivity index (χ0n) is 16.1. The van der Waals surface area contributed by atoms with Crippen molar-refractivity contribution in [1.82, 2.24) is 15.5 Å².